The van der Waals surface area contributed by atoms with Crippen molar-refractivity contribution in [2.24, 2.45) is 0 Å². The molecule has 0 saturated heterocycles. The molecule has 0 radical (unpaired) electrons. The maximum absolute atomic E-state index is 12.3. The van der Waals surface area contributed by atoms with Crippen molar-refractivity contribution in [1.82, 2.24) is 4.98 Å². The Morgan fingerprint density at radius 3 is 2.52 bits per heavy atom. The first-order valence-corrected chi connectivity index (χ1v) is 6.42. The van der Waals surface area contributed by atoms with Gasteiger partial charge in [0, 0.05) is 18.4 Å². The van der Waals surface area contributed by atoms with Gasteiger partial charge in [-0.2, -0.15) is 0 Å². The zero-order valence-electron chi connectivity index (χ0n) is 11.3. The van der Waals surface area contributed by atoms with E-state index in [0.717, 1.165) is 0 Å². The number of benzene rings is 1. The summed E-state index contributed by atoms with van der Waals surface area (Å²) in [5.41, 5.74) is 1.19. The molecule has 2 aromatic rings. The zero-order valence-corrected chi connectivity index (χ0v) is 11.3. The van der Waals surface area contributed by atoms with Crippen LogP contribution in [-0.2, 0) is 4.79 Å². The molecule has 0 aliphatic carbocycles. The fourth-order valence-corrected chi connectivity index (χ4v) is 1.79. The Labute approximate surface area is 122 Å². The molecule has 0 spiro atoms. The quantitative estimate of drug-likeness (QED) is 0.884. The number of rotatable bonds is 5. The number of aromatic nitrogens is 1. The number of nitrogens with zero attached hydrogens (tertiary/aromatic N) is 2. The van der Waals surface area contributed by atoms with Crippen LogP contribution >= 0.6 is 0 Å². The lowest BCUT2D eigenvalue weighted by atomic mass is 10.2. The molecular formula is C15H15N3O3. The summed E-state index contributed by atoms with van der Waals surface area (Å²) in [5.74, 6) is -0.954. The second-order valence-corrected chi connectivity index (χ2v) is 4.30. The number of carboxylic acid groups (broad SMARTS) is 1. The minimum absolute atomic E-state index is 0.0887. The molecule has 0 aliphatic rings. The van der Waals surface area contributed by atoms with Gasteiger partial charge in [-0.3, -0.25) is 14.7 Å². The number of carbonyl (C=O) groups excluding carboxylic acids is 1. The molecule has 0 aliphatic heterocycles. The van der Waals surface area contributed by atoms with Gasteiger partial charge in [-0.05, 0) is 24.3 Å². The van der Waals surface area contributed by atoms with E-state index in [0.29, 0.717) is 11.4 Å². The standard InChI is InChI=1S/C15H15N3O3/c19-14(20)8-10-18(13-6-2-1-3-7-13)15(21)17-12-5-4-9-16-11-12/h1-7,9,11H,8,10H2,(H,17,21)(H,19,20). The Balaban J connectivity index is 2.14. The molecular weight excluding hydrogens is 270 g/mol. The molecule has 2 N–H and O–H groups in total. The van der Waals surface area contributed by atoms with E-state index >= 15 is 0 Å². The minimum Gasteiger partial charge on any atom is -0.481 e. The van der Waals surface area contributed by atoms with Crippen molar-refractivity contribution in [3.63, 3.8) is 0 Å². The maximum Gasteiger partial charge on any atom is 0.326 e. The Hall–Kier alpha value is -2.89. The van der Waals surface area contributed by atoms with Gasteiger partial charge in [-0.1, -0.05) is 18.2 Å². The van der Waals surface area contributed by atoms with Gasteiger partial charge in [0.25, 0.3) is 0 Å². The summed E-state index contributed by atoms with van der Waals surface area (Å²) in [4.78, 5) is 28.4. The summed E-state index contributed by atoms with van der Waals surface area (Å²) >= 11 is 0. The maximum atomic E-state index is 12.3. The van der Waals surface area contributed by atoms with Crippen LogP contribution < -0.4 is 10.2 Å². The molecule has 2 rings (SSSR count). The number of urea groups is 1. The van der Waals surface area contributed by atoms with Crippen LogP contribution in [0.2, 0.25) is 0 Å². The van der Waals surface area contributed by atoms with Crippen molar-refractivity contribution in [2.45, 2.75) is 6.42 Å². The molecule has 1 aromatic heterocycles. The predicted octanol–water partition coefficient (Wildman–Crippen LogP) is 2.59. The Kier molecular flexibility index (Phi) is 4.87. The first-order valence-electron chi connectivity index (χ1n) is 6.42. The minimum atomic E-state index is -0.954. The molecule has 0 unspecified atom stereocenters. The highest BCUT2D eigenvalue weighted by molar-refractivity contribution is 6.01. The van der Waals surface area contributed by atoms with E-state index in [9.17, 15) is 9.59 Å². The van der Waals surface area contributed by atoms with Crippen LogP contribution in [0.3, 0.4) is 0 Å². The van der Waals surface area contributed by atoms with E-state index in [4.69, 9.17) is 5.11 Å². The molecule has 108 valence electrons. The fraction of sp³-hybridized carbons (Fsp3) is 0.133. The highest BCUT2D eigenvalue weighted by Gasteiger charge is 2.16. The molecule has 0 bridgehead atoms. The first-order chi connectivity index (χ1) is 10.2. The summed E-state index contributed by atoms with van der Waals surface area (Å²) in [6.07, 6.45) is 3.00. The van der Waals surface area contributed by atoms with Gasteiger partial charge in [0.1, 0.15) is 0 Å². The molecule has 0 saturated carbocycles. The molecule has 6 heteroatoms. The van der Waals surface area contributed by atoms with Gasteiger partial charge < -0.3 is 10.4 Å². The van der Waals surface area contributed by atoms with Crippen molar-refractivity contribution in [1.29, 1.82) is 0 Å². The summed E-state index contributed by atoms with van der Waals surface area (Å²) in [6.45, 7) is 0.0887. The third-order valence-electron chi connectivity index (χ3n) is 2.78. The molecule has 6 nitrogen and oxygen atoms in total. The molecule has 1 aromatic carbocycles. The van der Waals surface area contributed by atoms with Crippen LogP contribution in [-0.4, -0.2) is 28.6 Å². The van der Waals surface area contributed by atoms with Gasteiger partial charge >= 0.3 is 12.0 Å². The summed E-state index contributed by atoms with van der Waals surface area (Å²) in [5, 5.41) is 11.5. The van der Waals surface area contributed by atoms with E-state index < -0.39 is 12.0 Å². The van der Waals surface area contributed by atoms with Crippen LogP contribution in [0.15, 0.2) is 54.9 Å². The number of amides is 2. The van der Waals surface area contributed by atoms with Crippen LogP contribution in [0.25, 0.3) is 0 Å². The normalized spacial score (nSPS) is 9.90. The topological polar surface area (TPSA) is 82.5 Å². The third kappa shape index (κ3) is 4.31. The van der Waals surface area contributed by atoms with E-state index in [1.54, 1.807) is 42.6 Å². The van der Waals surface area contributed by atoms with Crippen LogP contribution in [0.5, 0.6) is 0 Å². The molecule has 0 atom stereocenters. The SMILES string of the molecule is O=C(O)CCN(C(=O)Nc1cccnc1)c1ccccc1. The van der Waals surface area contributed by atoms with Gasteiger partial charge in [-0.15, -0.1) is 0 Å². The van der Waals surface area contributed by atoms with Crippen LogP contribution in [0, 0.1) is 0 Å². The largest absolute Gasteiger partial charge is 0.481 e. The zero-order chi connectivity index (χ0) is 15.1. The van der Waals surface area contributed by atoms with E-state index in [1.165, 1.54) is 11.1 Å². The lowest BCUT2D eigenvalue weighted by Crippen LogP contribution is -2.36. The molecule has 0 fully saturated rings. The lowest BCUT2D eigenvalue weighted by Gasteiger charge is -2.22. The van der Waals surface area contributed by atoms with Crippen molar-refractivity contribution in [3.05, 3.63) is 54.9 Å². The number of hydrogen-bond acceptors (Lipinski definition) is 3. The summed E-state index contributed by atoms with van der Waals surface area (Å²) < 4.78 is 0. The van der Waals surface area contributed by atoms with Crippen molar-refractivity contribution in [2.75, 3.05) is 16.8 Å². The van der Waals surface area contributed by atoms with Crippen LogP contribution in [0.4, 0.5) is 16.2 Å². The van der Waals surface area contributed by atoms with Crippen molar-refractivity contribution < 1.29 is 14.7 Å². The number of carbonyl (C=O) groups is 2. The first kappa shape index (κ1) is 14.5. The second kappa shape index (κ2) is 7.04. The number of hydrogen-bond donors (Lipinski definition) is 2. The number of carboxylic acids is 1. The Bertz CT molecular complexity index is 602. The average Bonchev–Trinajstić information content (AvgIpc) is 2.49. The number of pyridine rings is 1. The second-order valence-electron chi connectivity index (χ2n) is 4.30. The van der Waals surface area contributed by atoms with E-state index in [1.807, 2.05) is 6.07 Å². The highest BCUT2D eigenvalue weighted by atomic mass is 16.4. The van der Waals surface area contributed by atoms with Crippen molar-refractivity contribution >= 4 is 23.4 Å². The van der Waals surface area contributed by atoms with Crippen LogP contribution in [0.1, 0.15) is 6.42 Å². The lowest BCUT2D eigenvalue weighted by molar-refractivity contribution is -0.136. The number of nitrogens with one attached hydrogen (secondary N) is 1. The Morgan fingerprint density at radius 1 is 1.14 bits per heavy atom. The fourth-order valence-electron chi connectivity index (χ4n) is 1.79. The van der Waals surface area contributed by atoms with E-state index in [2.05, 4.69) is 10.3 Å². The predicted molar refractivity (Wildman–Crippen MR) is 79.3 cm³/mol. The molecule has 1 heterocycles. The van der Waals surface area contributed by atoms with Crippen molar-refractivity contribution in [3.8, 4) is 0 Å². The highest BCUT2D eigenvalue weighted by Crippen LogP contribution is 2.15. The number of para-hydroxylation sites is 1. The average molecular weight is 285 g/mol. The molecule has 2 amide bonds. The van der Waals surface area contributed by atoms with Gasteiger partial charge in [0.05, 0.1) is 18.3 Å². The van der Waals surface area contributed by atoms with Gasteiger partial charge in [0.15, 0.2) is 0 Å². The van der Waals surface area contributed by atoms with E-state index in [-0.39, 0.29) is 13.0 Å². The smallest absolute Gasteiger partial charge is 0.326 e. The summed E-state index contributed by atoms with van der Waals surface area (Å²) in [6, 6.07) is 12.0. The number of anilines is 2. The summed E-state index contributed by atoms with van der Waals surface area (Å²) in [7, 11) is 0. The molecule has 21 heavy (non-hydrogen) atoms. The number of aliphatic carboxylic acids is 1. The van der Waals surface area contributed by atoms with Gasteiger partial charge in [-0.25, -0.2) is 4.79 Å². The Morgan fingerprint density at radius 2 is 1.90 bits per heavy atom. The third-order valence-corrected chi connectivity index (χ3v) is 2.78. The monoisotopic (exact) mass is 285 g/mol. The van der Waals surface area contributed by atoms with Gasteiger partial charge in [0.2, 0.25) is 0 Å².